The van der Waals surface area contributed by atoms with Crippen molar-refractivity contribution in [2.75, 3.05) is 33.3 Å². The van der Waals surface area contributed by atoms with E-state index in [-0.39, 0.29) is 11.9 Å². The summed E-state index contributed by atoms with van der Waals surface area (Å²) < 4.78 is 5.03. The lowest BCUT2D eigenvalue weighted by molar-refractivity contribution is -0.148. The highest BCUT2D eigenvalue weighted by Crippen LogP contribution is 2.30. The summed E-state index contributed by atoms with van der Waals surface area (Å²) in [6, 6.07) is 8.77. The van der Waals surface area contributed by atoms with Crippen molar-refractivity contribution in [3.8, 4) is 0 Å². The fraction of sp³-hybridized carbons (Fsp3) is 0.429. The summed E-state index contributed by atoms with van der Waals surface area (Å²) >= 11 is 7.89. The van der Waals surface area contributed by atoms with Gasteiger partial charge in [-0.2, -0.15) is 0 Å². The van der Waals surface area contributed by atoms with Crippen LogP contribution >= 0.6 is 22.9 Å². The maximum atomic E-state index is 12.9. The molecule has 1 aromatic heterocycles. The minimum Gasteiger partial charge on any atom is -0.468 e. The van der Waals surface area contributed by atoms with E-state index in [0.29, 0.717) is 31.2 Å². The van der Waals surface area contributed by atoms with Crippen LogP contribution in [0.2, 0.25) is 5.02 Å². The SMILES string of the molecule is CCc1cc(C(=O)N2CCN(C(C(=O)OC)c3ccccc3Cl)CC2)sc1C. The van der Waals surface area contributed by atoms with Crippen molar-refractivity contribution in [3.05, 3.63) is 56.2 Å². The Balaban J connectivity index is 1.72. The largest absolute Gasteiger partial charge is 0.468 e. The van der Waals surface area contributed by atoms with Crippen LogP contribution in [-0.2, 0) is 16.0 Å². The molecule has 1 aromatic carbocycles. The molecule has 0 aliphatic carbocycles. The molecule has 1 fully saturated rings. The van der Waals surface area contributed by atoms with Crippen LogP contribution in [0.3, 0.4) is 0 Å². The molecule has 1 aliphatic heterocycles. The molecule has 1 aliphatic rings. The van der Waals surface area contributed by atoms with Gasteiger partial charge in [-0.15, -0.1) is 11.3 Å². The van der Waals surface area contributed by atoms with Gasteiger partial charge in [-0.25, -0.2) is 4.79 Å². The number of halogens is 1. The molecule has 2 aromatic rings. The molecule has 0 bridgehead atoms. The van der Waals surface area contributed by atoms with Crippen LogP contribution in [0.5, 0.6) is 0 Å². The number of benzene rings is 1. The number of aryl methyl sites for hydroxylation is 2. The van der Waals surface area contributed by atoms with Crippen molar-refractivity contribution in [2.45, 2.75) is 26.3 Å². The number of carbonyl (C=O) groups is 2. The van der Waals surface area contributed by atoms with Gasteiger partial charge in [0.05, 0.1) is 12.0 Å². The normalized spacial score (nSPS) is 16.1. The molecule has 3 rings (SSSR count). The number of hydrogen-bond acceptors (Lipinski definition) is 5. The van der Waals surface area contributed by atoms with Crippen molar-refractivity contribution in [3.63, 3.8) is 0 Å². The Labute approximate surface area is 174 Å². The number of thiophene rings is 1. The lowest BCUT2D eigenvalue weighted by Gasteiger charge is -2.38. The zero-order chi connectivity index (χ0) is 20.3. The maximum absolute atomic E-state index is 12.9. The van der Waals surface area contributed by atoms with Gasteiger partial charge in [0.25, 0.3) is 5.91 Å². The molecule has 0 radical (unpaired) electrons. The number of rotatable bonds is 5. The Bertz CT molecular complexity index is 859. The van der Waals surface area contributed by atoms with Gasteiger partial charge in [-0.05, 0) is 36.6 Å². The summed E-state index contributed by atoms with van der Waals surface area (Å²) in [6.45, 7) is 6.46. The number of methoxy groups -OCH3 is 1. The molecular formula is C21H25ClN2O3S. The standard InChI is InChI=1S/C21H25ClN2O3S/c1-4-15-13-18(28-14(15)2)20(25)24-11-9-23(10-12-24)19(21(26)27-3)16-7-5-6-8-17(16)22/h5-8,13,19H,4,9-12H2,1-3H3. The molecule has 28 heavy (non-hydrogen) atoms. The van der Waals surface area contributed by atoms with Crippen LogP contribution < -0.4 is 0 Å². The molecule has 7 heteroatoms. The Kier molecular flexibility index (Phi) is 6.75. The highest BCUT2D eigenvalue weighted by molar-refractivity contribution is 7.14. The van der Waals surface area contributed by atoms with Crippen LogP contribution in [0.1, 0.15) is 38.6 Å². The number of piperazine rings is 1. The summed E-state index contributed by atoms with van der Waals surface area (Å²) in [4.78, 5) is 31.2. The average Bonchev–Trinajstić information content (AvgIpc) is 3.10. The van der Waals surface area contributed by atoms with Crippen molar-refractivity contribution >= 4 is 34.8 Å². The first-order valence-electron chi connectivity index (χ1n) is 9.41. The number of carbonyl (C=O) groups excluding carboxylic acids is 2. The Morgan fingerprint density at radius 2 is 1.89 bits per heavy atom. The van der Waals surface area contributed by atoms with Crippen LogP contribution in [0.25, 0.3) is 0 Å². The molecule has 1 atom stereocenters. The van der Waals surface area contributed by atoms with Crippen LogP contribution in [-0.4, -0.2) is 55.0 Å². The quantitative estimate of drug-likeness (QED) is 0.687. The second-order valence-electron chi connectivity index (χ2n) is 6.82. The predicted molar refractivity (Wildman–Crippen MR) is 112 cm³/mol. The molecular weight excluding hydrogens is 396 g/mol. The number of ether oxygens (including phenoxy) is 1. The van der Waals surface area contributed by atoms with Gasteiger partial charge in [-0.1, -0.05) is 36.7 Å². The van der Waals surface area contributed by atoms with E-state index >= 15 is 0 Å². The highest BCUT2D eigenvalue weighted by atomic mass is 35.5. The van der Waals surface area contributed by atoms with Crippen molar-refractivity contribution < 1.29 is 14.3 Å². The van der Waals surface area contributed by atoms with E-state index in [9.17, 15) is 9.59 Å². The maximum Gasteiger partial charge on any atom is 0.327 e. The molecule has 0 saturated carbocycles. The minimum absolute atomic E-state index is 0.0693. The Hall–Kier alpha value is -1.89. The Morgan fingerprint density at radius 3 is 2.46 bits per heavy atom. The second kappa shape index (κ2) is 9.07. The van der Waals surface area contributed by atoms with Gasteiger partial charge in [0.2, 0.25) is 0 Å². The van der Waals surface area contributed by atoms with E-state index in [1.54, 1.807) is 17.4 Å². The van der Waals surface area contributed by atoms with E-state index in [1.807, 2.05) is 34.1 Å². The molecule has 2 heterocycles. The predicted octanol–water partition coefficient (Wildman–Crippen LogP) is 3.94. The molecule has 1 amide bonds. The zero-order valence-electron chi connectivity index (χ0n) is 16.4. The van der Waals surface area contributed by atoms with Crippen molar-refractivity contribution in [1.82, 2.24) is 9.80 Å². The van der Waals surface area contributed by atoms with Crippen LogP contribution in [0, 0.1) is 6.92 Å². The molecule has 150 valence electrons. The summed E-state index contributed by atoms with van der Waals surface area (Å²) in [5.74, 6) is -0.269. The van der Waals surface area contributed by atoms with E-state index in [2.05, 4.69) is 13.8 Å². The number of nitrogens with zero attached hydrogens (tertiary/aromatic N) is 2. The molecule has 0 N–H and O–H groups in total. The summed E-state index contributed by atoms with van der Waals surface area (Å²) in [5, 5.41) is 0.539. The smallest absolute Gasteiger partial charge is 0.327 e. The Morgan fingerprint density at radius 1 is 1.21 bits per heavy atom. The fourth-order valence-electron chi connectivity index (χ4n) is 3.60. The van der Waals surface area contributed by atoms with E-state index in [1.165, 1.54) is 17.6 Å². The van der Waals surface area contributed by atoms with Gasteiger partial charge in [-0.3, -0.25) is 9.69 Å². The number of hydrogen-bond donors (Lipinski definition) is 0. The van der Waals surface area contributed by atoms with Crippen LogP contribution in [0.15, 0.2) is 30.3 Å². The summed E-state index contributed by atoms with van der Waals surface area (Å²) in [5.41, 5.74) is 1.97. The van der Waals surface area contributed by atoms with E-state index in [0.717, 1.165) is 16.9 Å². The molecule has 1 unspecified atom stereocenters. The summed E-state index contributed by atoms with van der Waals surface area (Å²) in [6.07, 6.45) is 0.933. The average molecular weight is 421 g/mol. The van der Waals surface area contributed by atoms with Gasteiger partial charge in [0.15, 0.2) is 0 Å². The lowest BCUT2D eigenvalue weighted by atomic mass is 10.0. The number of esters is 1. The summed E-state index contributed by atoms with van der Waals surface area (Å²) in [7, 11) is 1.39. The van der Waals surface area contributed by atoms with E-state index < -0.39 is 6.04 Å². The zero-order valence-corrected chi connectivity index (χ0v) is 18.0. The third-order valence-electron chi connectivity index (χ3n) is 5.20. The van der Waals surface area contributed by atoms with Gasteiger partial charge in [0, 0.05) is 36.1 Å². The lowest BCUT2D eigenvalue weighted by Crippen LogP contribution is -2.51. The van der Waals surface area contributed by atoms with E-state index in [4.69, 9.17) is 16.3 Å². The van der Waals surface area contributed by atoms with Crippen molar-refractivity contribution in [2.24, 2.45) is 0 Å². The molecule has 1 saturated heterocycles. The molecule has 0 spiro atoms. The van der Waals surface area contributed by atoms with Gasteiger partial charge < -0.3 is 9.64 Å². The van der Waals surface area contributed by atoms with Crippen molar-refractivity contribution in [1.29, 1.82) is 0 Å². The monoisotopic (exact) mass is 420 g/mol. The topological polar surface area (TPSA) is 49.9 Å². The van der Waals surface area contributed by atoms with Gasteiger partial charge >= 0.3 is 5.97 Å². The first-order valence-corrected chi connectivity index (χ1v) is 10.6. The van der Waals surface area contributed by atoms with Crippen LogP contribution in [0.4, 0.5) is 0 Å². The third kappa shape index (κ3) is 4.24. The third-order valence-corrected chi connectivity index (χ3v) is 6.63. The number of amides is 1. The first-order chi connectivity index (χ1) is 13.5. The minimum atomic E-state index is -0.563. The second-order valence-corrected chi connectivity index (χ2v) is 8.48. The fourth-order valence-corrected chi connectivity index (χ4v) is 4.92. The highest BCUT2D eigenvalue weighted by Gasteiger charge is 2.34. The van der Waals surface area contributed by atoms with Gasteiger partial charge in [0.1, 0.15) is 6.04 Å². The molecule has 5 nitrogen and oxygen atoms in total. The first kappa shape index (κ1) is 20.8.